The Morgan fingerprint density at radius 3 is 2.50 bits per heavy atom. The molecule has 20 heavy (non-hydrogen) atoms. The summed E-state index contributed by atoms with van der Waals surface area (Å²) in [5.74, 6) is 0.591. The van der Waals surface area contributed by atoms with Gasteiger partial charge >= 0.3 is 0 Å². The SMILES string of the molecule is CCCCN(Cc1ccc(C(C)CNC)cc1)C1CC1. The van der Waals surface area contributed by atoms with Crippen LogP contribution in [0.15, 0.2) is 24.3 Å². The highest BCUT2D eigenvalue weighted by atomic mass is 15.2. The summed E-state index contributed by atoms with van der Waals surface area (Å²) in [6.45, 7) is 8.00. The fourth-order valence-electron chi connectivity index (χ4n) is 2.80. The van der Waals surface area contributed by atoms with E-state index in [1.165, 1.54) is 43.4 Å². The third-order valence-corrected chi connectivity index (χ3v) is 4.31. The molecule has 0 radical (unpaired) electrons. The molecule has 0 bridgehead atoms. The third-order valence-electron chi connectivity index (χ3n) is 4.31. The first kappa shape index (κ1) is 15.5. The second-order valence-corrected chi connectivity index (χ2v) is 6.26. The second-order valence-electron chi connectivity index (χ2n) is 6.26. The van der Waals surface area contributed by atoms with Crippen LogP contribution in [0.25, 0.3) is 0 Å². The number of nitrogens with one attached hydrogen (secondary N) is 1. The van der Waals surface area contributed by atoms with Gasteiger partial charge in [0.15, 0.2) is 0 Å². The maximum atomic E-state index is 3.25. The third kappa shape index (κ3) is 4.60. The molecule has 1 aliphatic rings. The Bertz CT molecular complexity index is 381. The first-order chi connectivity index (χ1) is 9.74. The van der Waals surface area contributed by atoms with Gasteiger partial charge in [-0.25, -0.2) is 0 Å². The molecule has 0 aliphatic heterocycles. The summed E-state index contributed by atoms with van der Waals surface area (Å²) in [6, 6.07) is 10.1. The van der Waals surface area contributed by atoms with Gasteiger partial charge in [-0.3, -0.25) is 4.90 Å². The van der Waals surface area contributed by atoms with E-state index < -0.39 is 0 Å². The van der Waals surface area contributed by atoms with Crippen molar-refractivity contribution in [3.63, 3.8) is 0 Å². The van der Waals surface area contributed by atoms with Gasteiger partial charge in [0.25, 0.3) is 0 Å². The van der Waals surface area contributed by atoms with Crippen molar-refractivity contribution in [2.75, 3.05) is 20.1 Å². The number of unbranched alkanes of at least 4 members (excludes halogenated alkanes) is 1. The van der Waals surface area contributed by atoms with Crippen LogP contribution in [0.3, 0.4) is 0 Å². The fraction of sp³-hybridized carbons (Fsp3) is 0.667. The van der Waals surface area contributed by atoms with Crippen LogP contribution in [-0.2, 0) is 6.54 Å². The molecular formula is C18H30N2. The Labute approximate surface area is 124 Å². The molecule has 1 fully saturated rings. The van der Waals surface area contributed by atoms with E-state index in [2.05, 4.69) is 48.3 Å². The van der Waals surface area contributed by atoms with Crippen LogP contribution >= 0.6 is 0 Å². The smallest absolute Gasteiger partial charge is 0.0236 e. The van der Waals surface area contributed by atoms with Crippen LogP contribution in [-0.4, -0.2) is 31.1 Å². The normalized spacial score (nSPS) is 16.6. The minimum atomic E-state index is 0.591. The summed E-state index contributed by atoms with van der Waals surface area (Å²) >= 11 is 0. The lowest BCUT2D eigenvalue weighted by molar-refractivity contribution is 0.250. The summed E-state index contributed by atoms with van der Waals surface area (Å²) in [4.78, 5) is 2.68. The van der Waals surface area contributed by atoms with Gasteiger partial charge in [0, 0.05) is 19.1 Å². The average molecular weight is 274 g/mol. The standard InChI is InChI=1S/C18H30N2/c1-4-5-12-20(18-10-11-18)14-16-6-8-17(9-7-16)15(2)13-19-3/h6-9,15,18-19H,4-5,10-14H2,1-3H3. The predicted octanol–water partition coefficient (Wildman–Crippen LogP) is 3.77. The minimum absolute atomic E-state index is 0.591. The average Bonchev–Trinajstić information content (AvgIpc) is 3.29. The largest absolute Gasteiger partial charge is 0.319 e. The second kappa shape index (κ2) is 7.80. The zero-order valence-electron chi connectivity index (χ0n) is 13.4. The molecule has 1 aliphatic carbocycles. The molecule has 2 heteroatoms. The molecule has 1 aromatic rings. The maximum Gasteiger partial charge on any atom is 0.0236 e. The van der Waals surface area contributed by atoms with Crippen LogP contribution in [0.5, 0.6) is 0 Å². The van der Waals surface area contributed by atoms with Gasteiger partial charge in [0.1, 0.15) is 0 Å². The van der Waals surface area contributed by atoms with Crippen LogP contribution < -0.4 is 5.32 Å². The van der Waals surface area contributed by atoms with E-state index in [1.54, 1.807) is 0 Å². The molecule has 2 nitrogen and oxygen atoms in total. The Morgan fingerprint density at radius 2 is 1.95 bits per heavy atom. The summed E-state index contributed by atoms with van der Waals surface area (Å²) in [5.41, 5.74) is 2.91. The summed E-state index contributed by atoms with van der Waals surface area (Å²) in [7, 11) is 2.02. The molecule has 0 saturated heterocycles. The highest BCUT2D eigenvalue weighted by Crippen LogP contribution is 2.28. The molecule has 0 spiro atoms. The molecule has 1 unspecified atom stereocenters. The molecule has 1 atom stereocenters. The minimum Gasteiger partial charge on any atom is -0.319 e. The van der Waals surface area contributed by atoms with E-state index in [-0.39, 0.29) is 0 Å². The number of nitrogens with zero attached hydrogens (tertiary/aromatic N) is 1. The zero-order valence-corrected chi connectivity index (χ0v) is 13.4. The van der Waals surface area contributed by atoms with Crippen LogP contribution in [0, 0.1) is 0 Å². The van der Waals surface area contributed by atoms with Crippen molar-refractivity contribution in [1.29, 1.82) is 0 Å². The van der Waals surface area contributed by atoms with Crippen LogP contribution in [0.1, 0.15) is 56.6 Å². The van der Waals surface area contributed by atoms with E-state index in [9.17, 15) is 0 Å². The monoisotopic (exact) mass is 274 g/mol. The van der Waals surface area contributed by atoms with Gasteiger partial charge in [0.2, 0.25) is 0 Å². The predicted molar refractivity (Wildman–Crippen MR) is 87.1 cm³/mol. The molecular weight excluding hydrogens is 244 g/mol. The lowest BCUT2D eigenvalue weighted by atomic mass is 9.99. The van der Waals surface area contributed by atoms with E-state index in [0.717, 1.165) is 19.1 Å². The van der Waals surface area contributed by atoms with Crippen molar-refractivity contribution in [3.8, 4) is 0 Å². The molecule has 2 rings (SSSR count). The van der Waals surface area contributed by atoms with Crippen LogP contribution in [0.2, 0.25) is 0 Å². The number of hydrogen-bond acceptors (Lipinski definition) is 2. The van der Waals surface area contributed by atoms with Gasteiger partial charge in [-0.15, -0.1) is 0 Å². The Morgan fingerprint density at radius 1 is 1.25 bits per heavy atom. The van der Waals surface area contributed by atoms with Crippen molar-refractivity contribution in [3.05, 3.63) is 35.4 Å². The highest BCUT2D eigenvalue weighted by Gasteiger charge is 2.28. The number of likely N-dealkylation sites (N-methyl/N-ethyl adjacent to an activating group) is 1. The van der Waals surface area contributed by atoms with Crippen molar-refractivity contribution in [1.82, 2.24) is 10.2 Å². The van der Waals surface area contributed by atoms with Gasteiger partial charge in [0.05, 0.1) is 0 Å². The topological polar surface area (TPSA) is 15.3 Å². The van der Waals surface area contributed by atoms with E-state index in [1.807, 2.05) is 7.05 Å². The number of benzene rings is 1. The summed E-state index contributed by atoms with van der Waals surface area (Å²) in [5, 5.41) is 3.25. The lowest BCUT2D eigenvalue weighted by Gasteiger charge is -2.22. The Balaban J connectivity index is 1.91. The van der Waals surface area contributed by atoms with E-state index >= 15 is 0 Å². The zero-order chi connectivity index (χ0) is 14.4. The number of hydrogen-bond donors (Lipinski definition) is 1. The van der Waals surface area contributed by atoms with Gasteiger partial charge < -0.3 is 5.32 Å². The molecule has 112 valence electrons. The molecule has 1 saturated carbocycles. The van der Waals surface area contributed by atoms with Crippen molar-refractivity contribution < 1.29 is 0 Å². The molecule has 1 aromatic carbocycles. The van der Waals surface area contributed by atoms with Crippen molar-refractivity contribution >= 4 is 0 Å². The highest BCUT2D eigenvalue weighted by molar-refractivity contribution is 5.25. The first-order valence-corrected chi connectivity index (χ1v) is 8.22. The van der Waals surface area contributed by atoms with Crippen molar-refractivity contribution in [2.45, 2.75) is 58.0 Å². The molecule has 0 aromatic heterocycles. The maximum absolute atomic E-state index is 3.25. The van der Waals surface area contributed by atoms with Gasteiger partial charge in [-0.1, -0.05) is 44.5 Å². The molecule has 0 amide bonds. The van der Waals surface area contributed by atoms with E-state index in [4.69, 9.17) is 0 Å². The van der Waals surface area contributed by atoms with Gasteiger partial charge in [-0.05, 0) is 49.9 Å². The van der Waals surface area contributed by atoms with Crippen molar-refractivity contribution in [2.24, 2.45) is 0 Å². The van der Waals surface area contributed by atoms with Gasteiger partial charge in [-0.2, -0.15) is 0 Å². The first-order valence-electron chi connectivity index (χ1n) is 8.22. The summed E-state index contributed by atoms with van der Waals surface area (Å²) < 4.78 is 0. The van der Waals surface area contributed by atoms with E-state index in [0.29, 0.717) is 5.92 Å². The Kier molecular flexibility index (Phi) is 6.06. The number of rotatable bonds is 9. The van der Waals surface area contributed by atoms with Crippen LogP contribution in [0.4, 0.5) is 0 Å². The Hall–Kier alpha value is -0.860. The molecule has 0 heterocycles. The summed E-state index contributed by atoms with van der Waals surface area (Å²) in [6.07, 6.45) is 5.43. The lowest BCUT2D eigenvalue weighted by Crippen LogP contribution is -2.26. The quantitative estimate of drug-likeness (QED) is 0.737. The molecule has 1 N–H and O–H groups in total. The fourth-order valence-corrected chi connectivity index (χ4v) is 2.80.